The van der Waals surface area contributed by atoms with Crippen molar-refractivity contribution in [2.75, 3.05) is 13.1 Å². The predicted octanol–water partition coefficient (Wildman–Crippen LogP) is 4.11. The summed E-state index contributed by atoms with van der Waals surface area (Å²) in [5.41, 5.74) is 1.02. The fraction of sp³-hybridized carbons (Fsp3) is 0.421. The summed E-state index contributed by atoms with van der Waals surface area (Å²) in [5.74, 6) is -0.116. The maximum Gasteiger partial charge on any atom is 0.252 e. The van der Waals surface area contributed by atoms with Crippen LogP contribution in [0.2, 0.25) is 0 Å². The summed E-state index contributed by atoms with van der Waals surface area (Å²) < 4.78 is 28.3. The van der Waals surface area contributed by atoms with Crippen LogP contribution in [0.3, 0.4) is 0 Å². The number of piperidine rings is 1. The largest absolute Gasteiger partial charge is 0.349 e. The van der Waals surface area contributed by atoms with E-state index < -0.39 is 10.0 Å². The van der Waals surface area contributed by atoms with Gasteiger partial charge in [0, 0.05) is 22.4 Å². The molecule has 1 saturated heterocycles. The molecule has 0 aliphatic carbocycles. The summed E-state index contributed by atoms with van der Waals surface area (Å²) in [7, 11) is -3.43. The average molecular weight is 471 g/mol. The molecular formula is C19H23BrN2O3S2. The summed E-state index contributed by atoms with van der Waals surface area (Å²) in [6.07, 6.45) is 3.08. The number of halogens is 1. The lowest BCUT2D eigenvalue weighted by atomic mass is 10.1. The van der Waals surface area contributed by atoms with Gasteiger partial charge in [-0.2, -0.15) is 4.31 Å². The smallest absolute Gasteiger partial charge is 0.252 e. The van der Waals surface area contributed by atoms with Crippen LogP contribution in [0, 0.1) is 0 Å². The third kappa shape index (κ3) is 5.19. The van der Waals surface area contributed by atoms with E-state index in [1.165, 1.54) is 11.3 Å². The van der Waals surface area contributed by atoms with Crippen LogP contribution in [0.1, 0.15) is 42.7 Å². The van der Waals surface area contributed by atoms with E-state index in [4.69, 9.17) is 0 Å². The number of carbonyl (C=O) groups is 1. The molecule has 8 heteroatoms. The molecule has 2 aromatic rings. The summed E-state index contributed by atoms with van der Waals surface area (Å²) in [6.45, 7) is 3.10. The summed E-state index contributed by atoms with van der Waals surface area (Å²) in [5, 5.41) is 2.97. The highest BCUT2D eigenvalue weighted by Gasteiger charge is 2.27. The van der Waals surface area contributed by atoms with Crippen molar-refractivity contribution in [3.63, 3.8) is 0 Å². The lowest BCUT2D eigenvalue weighted by Crippen LogP contribution is -2.35. The zero-order valence-corrected chi connectivity index (χ0v) is 18.4. The van der Waals surface area contributed by atoms with Gasteiger partial charge in [-0.25, -0.2) is 8.42 Å². The quantitative estimate of drug-likeness (QED) is 0.690. The maximum absolute atomic E-state index is 12.7. The van der Waals surface area contributed by atoms with E-state index in [2.05, 4.69) is 21.2 Å². The number of benzene rings is 1. The highest BCUT2D eigenvalue weighted by atomic mass is 79.9. The van der Waals surface area contributed by atoms with Gasteiger partial charge in [0.15, 0.2) is 0 Å². The van der Waals surface area contributed by atoms with Crippen molar-refractivity contribution in [1.82, 2.24) is 9.62 Å². The standard InChI is InChI=1S/C19H23BrN2O3S2/c1-14(15-5-7-16(20)8-6-15)21-18(23)13-17-9-10-19(26-17)27(24,25)22-11-3-2-4-12-22/h5-10,14H,2-4,11-13H2,1H3,(H,21,23). The fourth-order valence-corrected chi connectivity index (χ4v) is 6.40. The molecule has 0 saturated carbocycles. The second-order valence-electron chi connectivity index (χ2n) is 6.70. The fourth-order valence-electron chi connectivity index (χ4n) is 3.11. The van der Waals surface area contributed by atoms with E-state index >= 15 is 0 Å². The molecule has 2 heterocycles. The number of carbonyl (C=O) groups excluding carboxylic acids is 1. The van der Waals surface area contributed by atoms with Gasteiger partial charge < -0.3 is 5.32 Å². The Morgan fingerprint density at radius 2 is 1.81 bits per heavy atom. The number of nitrogens with zero attached hydrogens (tertiary/aromatic N) is 1. The van der Waals surface area contributed by atoms with E-state index in [1.807, 2.05) is 31.2 Å². The third-order valence-corrected chi connectivity index (χ3v) is 8.61. The molecule has 1 aliphatic heterocycles. The van der Waals surface area contributed by atoms with Gasteiger partial charge >= 0.3 is 0 Å². The molecule has 3 rings (SSSR count). The molecule has 0 spiro atoms. The molecule has 146 valence electrons. The van der Waals surface area contributed by atoms with Crippen LogP contribution in [0.15, 0.2) is 45.1 Å². The number of amides is 1. The average Bonchev–Trinajstić information content (AvgIpc) is 3.12. The van der Waals surface area contributed by atoms with Crippen LogP contribution in [0.4, 0.5) is 0 Å². The van der Waals surface area contributed by atoms with Crippen molar-refractivity contribution in [3.8, 4) is 0 Å². The molecule has 1 aromatic carbocycles. The van der Waals surface area contributed by atoms with Crippen molar-refractivity contribution in [2.24, 2.45) is 0 Å². The second kappa shape index (κ2) is 8.86. The Bertz CT molecular complexity index is 888. The van der Waals surface area contributed by atoms with Crippen LogP contribution in [-0.2, 0) is 21.2 Å². The number of hydrogen-bond donors (Lipinski definition) is 1. The number of thiophene rings is 1. The number of sulfonamides is 1. The predicted molar refractivity (Wildman–Crippen MR) is 111 cm³/mol. The number of nitrogens with one attached hydrogen (secondary N) is 1. The van der Waals surface area contributed by atoms with E-state index in [0.29, 0.717) is 17.3 Å². The molecule has 1 N–H and O–H groups in total. The van der Waals surface area contributed by atoms with Gasteiger partial charge in [-0.1, -0.05) is 34.5 Å². The first kappa shape index (κ1) is 20.5. The van der Waals surface area contributed by atoms with Crippen LogP contribution in [-0.4, -0.2) is 31.7 Å². The number of rotatable bonds is 6. The molecule has 1 aliphatic rings. The zero-order chi connectivity index (χ0) is 19.4. The highest BCUT2D eigenvalue weighted by Crippen LogP contribution is 2.27. The van der Waals surface area contributed by atoms with Gasteiger partial charge in [0.25, 0.3) is 10.0 Å². The van der Waals surface area contributed by atoms with Gasteiger partial charge in [-0.15, -0.1) is 11.3 Å². The third-order valence-electron chi connectivity index (χ3n) is 4.63. The molecule has 1 fully saturated rings. The summed E-state index contributed by atoms with van der Waals surface area (Å²) >= 11 is 4.59. The number of hydrogen-bond acceptors (Lipinski definition) is 4. The van der Waals surface area contributed by atoms with E-state index in [1.54, 1.807) is 16.4 Å². The van der Waals surface area contributed by atoms with Gasteiger partial charge in [-0.3, -0.25) is 4.79 Å². The first-order valence-electron chi connectivity index (χ1n) is 9.00. The Hall–Kier alpha value is -1.22. The van der Waals surface area contributed by atoms with Crippen LogP contribution < -0.4 is 5.32 Å². The van der Waals surface area contributed by atoms with E-state index in [9.17, 15) is 13.2 Å². The monoisotopic (exact) mass is 470 g/mol. The summed E-state index contributed by atoms with van der Waals surface area (Å²) in [4.78, 5) is 13.1. The van der Waals surface area contributed by atoms with Gasteiger partial charge in [0.1, 0.15) is 4.21 Å². The lowest BCUT2D eigenvalue weighted by molar-refractivity contribution is -0.121. The molecule has 1 unspecified atom stereocenters. The Kier molecular flexibility index (Phi) is 6.73. The Labute approximate surface area is 173 Å². The van der Waals surface area contributed by atoms with Crippen molar-refractivity contribution >= 4 is 43.2 Å². The van der Waals surface area contributed by atoms with Gasteiger partial charge in [0.2, 0.25) is 5.91 Å². The topological polar surface area (TPSA) is 66.5 Å². The Morgan fingerprint density at radius 1 is 1.15 bits per heavy atom. The molecule has 27 heavy (non-hydrogen) atoms. The molecular weight excluding hydrogens is 448 g/mol. The van der Waals surface area contributed by atoms with Crippen LogP contribution >= 0.6 is 27.3 Å². The van der Waals surface area contributed by atoms with Crippen molar-refractivity contribution in [3.05, 3.63) is 51.3 Å². The highest BCUT2D eigenvalue weighted by molar-refractivity contribution is 9.10. The molecule has 1 atom stereocenters. The first-order chi connectivity index (χ1) is 12.9. The van der Waals surface area contributed by atoms with Crippen LogP contribution in [0.5, 0.6) is 0 Å². The van der Waals surface area contributed by atoms with Crippen LogP contribution in [0.25, 0.3) is 0 Å². The molecule has 0 bridgehead atoms. The first-order valence-corrected chi connectivity index (χ1v) is 12.0. The minimum atomic E-state index is -3.43. The Morgan fingerprint density at radius 3 is 2.48 bits per heavy atom. The van der Waals surface area contributed by atoms with Crippen molar-refractivity contribution in [1.29, 1.82) is 0 Å². The van der Waals surface area contributed by atoms with E-state index in [0.717, 1.165) is 34.2 Å². The maximum atomic E-state index is 12.7. The zero-order valence-electron chi connectivity index (χ0n) is 15.2. The normalized spacial score (nSPS) is 16.8. The van der Waals surface area contributed by atoms with E-state index in [-0.39, 0.29) is 18.4 Å². The molecule has 5 nitrogen and oxygen atoms in total. The lowest BCUT2D eigenvalue weighted by Gasteiger charge is -2.25. The molecule has 0 radical (unpaired) electrons. The summed E-state index contributed by atoms with van der Waals surface area (Å²) in [6, 6.07) is 11.1. The molecule has 1 aromatic heterocycles. The minimum Gasteiger partial charge on any atom is -0.349 e. The van der Waals surface area contributed by atoms with Gasteiger partial charge in [-0.05, 0) is 49.6 Å². The van der Waals surface area contributed by atoms with Crippen molar-refractivity contribution in [2.45, 2.75) is 42.9 Å². The Balaban J connectivity index is 1.61. The SMILES string of the molecule is CC(NC(=O)Cc1ccc(S(=O)(=O)N2CCCCC2)s1)c1ccc(Br)cc1. The second-order valence-corrected chi connectivity index (χ2v) is 11.0. The van der Waals surface area contributed by atoms with Gasteiger partial charge in [0.05, 0.1) is 12.5 Å². The molecule has 1 amide bonds. The minimum absolute atomic E-state index is 0.109. The van der Waals surface area contributed by atoms with Crippen molar-refractivity contribution < 1.29 is 13.2 Å².